The van der Waals surface area contributed by atoms with Crippen LogP contribution >= 0.6 is 11.6 Å². The highest BCUT2D eigenvalue weighted by molar-refractivity contribution is 6.29. The number of pyridine rings is 1. The first-order valence-corrected chi connectivity index (χ1v) is 5.35. The molecule has 0 spiro atoms. The van der Waals surface area contributed by atoms with E-state index in [0.717, 1.165) is 6.20 Å². The molecule has 1 aromatic rings. The summed E-state index contributed by atoms with van der Waals surface area (Å²) >= 11 is 5.69. The van der Waals surface area contributed by atoms with Crippen LogP contribution in [0.1, 0.15) is 18.9 Å². The largest absolute Gasteiger partial charge is 0.370 e. The van der Waals surface area contributed by atoms with Crippen molar-refractivity contribution in [3.63, 3.8) is 0 Å². The number of primary amides is 1. The Balaban J connectivity index is 2.92. The van der Waals surface area contributed by atoms with E-state index in [1.165, 1.54) is 6.07 Å². The van der Waals surface area contributed by atoms with Gasteiger partial charge in [0.05, 0.1) is 4.92 Å². The molecule has 0 fully saturated rings. The minimum Gasteiger partial charge on any atom is -0.370 e. The van der Waals surface area contributed by atoms with E-state index >= 15 is 0 Å². The summed E-state index contributed by atoms with van der Waals surface area (Å²) in [7, 11) is 0. The summed E-state index contributed by atoms with van der Waals surface area (Å²) in [5, 5.41) is 11.0. The van der Waals surface area contributed by atoms with Crippen LogP contribution in [0.2, 0.25) is 5.15 Å². The van der Waals surface area contributed by atoms with Crippen molar-refractivity contribution in [2.45, 2.75) is 19.8 Å². The van der Waals surface area contributed by atoms with Gasteiger partial charge in [-0.25, -0.2) is 4.98 Å². The Morgan fingerprint density at radius 3 is 2.88 bits per heavy atom. The van der Waals surface area contributed by atoms with Crippen LogP contribution in [0.3, 0.4) is 0 Å². The van der Waals surface area contributed by atoms with E-state index < -0.39 is 10.8 Å². The molecule has 0 bridgehead atoms. The molecule has 2 N–H and O–H groups in total. The highest BCUT2D eigenvalue weighted by atomic mass is 35.5. The number of carbonyl (C=O) groups excluding carboxylic acids is 1. The molecule has 0 saturated heterocycles. The standard InChI is InChI=1S/C10H12ClN3O3/c1-6(3-10(12)15)2-7-4-9(11)13-5-8(7)14(16)17/h4-6H,2-3H2,1H3,(H2,12,15). The lowest BCUT2D eigenvalue weighted by molar-refractivity contribution is -0.385. The van der Waals surface area contributed by atoms with E-state index in [4.69, 9.17) is 17.3 Å². The molecule has 6 nitrogen and oxygen atoms in total. The van der Waals surface area contributed by atoms with Gasteiger partial charge in [-0.1, -0.05) is 18.5 Å². The van der Waals surface area contributed by atoms with E-state index in [2.05, 4.69) is 4.98 Å². The monoisotopic (exact) mass is 257 g/mol. The first-order valence-electron chi connectivity index (χ1n) is 4.97. The first kappa shape index (κ1) is 13.4. The number of hydrogen-bond acceptors (Lipinski definition) is 4. The van der Waals surface area contributed by atoms with E-state index in [9.17, 15) is 14.9 Å². The number of rotatable bonds is 5. The molecule has 7 heteroatoms. The van der Waals surface area contributed by atoms with Crippen LogP contribution in [0, 0.1) is 16.0 Å². The Bertz CT molecular complexity index is 450. The normalized spacial score (nSPS) is 12.1. The minimum atomic E-state index is -0.518. The molecule has 0 saturated carbocycles. The van der Waals surface area contributed by atoms with E-state index in [-0.39, 0.29) is 23.2 Å². The molecule has 0 radical (unpaired) electrons. The third kappa shape index (κ3) is 3.99. The van der Waals surface area contributed by atoms with Gasteiger partial charge in [0.25, 0.3) is 5.69 Å². The van der Waals surface area contributed by atoms with Crippen LogP contribution < -0.4 is 5.73 Å². The number of nitro groups is 1. The van der Waals surface area contributed by atoms with E-state index in [1.807, 2.05) is 0 Å². The zero-order chi connectivity index (χ0) is 13.0. The first-order chi connectivity index (χ1) is 7.90. The lowest BCUT2D eigenvalue weighted by atomic mass is 9.97. The van der Waals surface area contributed by atoms with Crippen LogP contribution in [-0.4, -0.2) is 15.8 Å². The molecule has 1 atom stereocenters. The summed E-state index contributed by atoms with van der Waals surface area (Å²) in [5.74, 6) is -0.509. The smallest absolute Gasteiger partial charge is 0.290 e. The molecule has 1 amide bonds. The van der Waals surface area contributed by atoms with Crippen molar-refractivity contribution in [2.24, 2.45) is 11.7 Å². The highest BCUT2D eigenvalue weighted by Gasteiger charge is 2.18. The van der Waals surface area contributed by atoms with Crippen LogP contribution in [0.25, 0.3) is 0 Å². The summed E-state index contributed by atoms with van der Waals surface area (Å²) in [5.41, 5.74) is 5.43. The van der Waals surface area contributed by atoms with Crippen molar-refractivity contribution >= 4 is 23.2 Å². The fraction of sp³-hybridized carbons (Fsp3) is 0.400. The van der Waals surface area contributed by atoms with Gasteiger partial charge < -0.3 is 5.73 Å². The van der Waals surface area contributed by atoms with Crippen molar-refractivity contribution < 1.29 is 9.72 Å². The molecule has 1 aromatic heterocycles. The maximum absolute atomic E-state index is 10.8. The molecule has 1 rings (SSSR count). The van der Waals surface area contributed by atoms with Crippen molar-refractivity contribution in [1.29, 1.82) is 0 Å². The maximum atomic E-state index is 10.8. The maximum Gasteiger partial charge on any atom is 0.290 e. The molecular formula is C10H12ClN3O3. The molecule has 1 heterocycles. The third-order valence-electron chi connectivity index (χ3n) is 2.25. The van der Waals surface area contributed by atoms with Crippen molar-refractivity contribution in [2.75, 3.05) is 0 Å². The molecule has 0 aliphatic rings. The Morgan fingerprint density at radius 2 is 2.35 bits per heavy atom. The Hall–Kier alpha value is -1.69. The van der Waals surface area contributed by atoms with Crippen LogP contribution in [0.15, 0.2) is 12.3 Å². The zero-order valence-corrected chi connectivity index (χ0v) is 9.98. The molecule has 1 unspecified atom stereocenters. The fourth-order valence-corrected chi connectivity index (χ4v) is 1.76. The van der Waals surface area contributed by atoms with Gasteiger partial charge in [-0.15, -0.1) is 0 Å². The Kier molecular flexibility index (Phi) is 4.39. The number of nitrogens with zero attached hydrogens (tertiary/aromatic N) is 2. The number of aromatic nitrogens is 1. The molecule has 0 aromatic carbocycles. The summed E-state index contributed by atoms with van der Waals surface area (Å²) in [6.45, 7) is 1.79. The SMILES string of the molecule is CC(CC(N)=O)Cc1cc(Cl)ncc1[N+](=O)[O-]. The predicted octanol–water partition coefficient (Wildman–Crippen LogP) is 1.70. The van der Waals surface area contributed by atoms with Crippen LogP contribution in [0.4, 0.5) is 5.69 Å². The Labute approximate surface area is 103 Å². The topological polar surface area (TPSA) is 99.1 Å². The second kappa shape index (κ2) is 5.58. The van der Waals surface area contributed by atoms with Crippen LogP contribution in [0.5, 0.6) is 0 Å². The zero-order valence-electron chi connectivity index (χ0n) is 9.22. The number of halogens is 1. The average Bonchev–Trinajstić information content (AvgIpc) is 2.15. The molecule has 92 valence electrons. The number of carbonyl (C=O) groups is 1. The third-order valence-corrected chi connectivity index (χ3v) is 2.45. The summed E-state index contributed by atoms with van der Waals surface area (Å²) < 4.78 is 0. The van der Waals surface area contributed by atoms with Gasteiger partial charge in [-0.2, -0.15) is 0 Å². The number of hydrogen-bond donors (Lipinski definition) is 1. The van der Waals surface area contributed by atoms with Gasteiger partial charge in [0.15, 0.2) is 0 Å². The second-order valence-electron chi connectivity index (χ2n) is 3.87. The fourth-order valence-electron chi connectivity index (χ4n) is 1.58. The van der Waals surface area contributed by atoms with Gasteiger partial charge in [-0.05, 0) is 18.4 Å². The molecule has 17 heavy (non-hydrogen) atoms. The van der Waals surface area contributed by atoms with Gasteiger partial charge >= 0.3 is 0 Å². The quantitative estimate of drug-likeness (QED) is 0.493. The van der Waals surface area contributed by atoms with E-state index in [0.29, 0.717) is 12.0 Å². The molecular weight excluding hydrogens is 246 g/mol. The minimum absolute atomic E-state index is 0.0790. The van der Waals surface area contributed by atoms with Crippen molar-refractivity contribution in [3.05, 3.63) is 33.1 Å². The lowest BCUT2D eigenvalue weighted by Gasteiger charge is -2.09. The highest BCUT2D eigenvalue weighted by Crippen LogP contribution is 2.24. The lowest BCUT2D eigenvalue weighted by Crippen LogP contribution is -2.16. The van der Waals surface area contributed by atoms with Gasteiger partial charge in [0, 0.05) is 12.0 Å². The van der Waals surface area contributed by atoms with Crippen molar-refractivity contribution in [3.8, 4) is 0 Å². The summed E-state index contributed by atoms with van der Waals surface area (Å²) in [6.07, 6.45) is 1.66. The summed E-state index contributed by atoms with van der Waals surface area (Å²) in [4.78, 5) is 24.6. The number of nitrogens with two attached hydrogens (primary N) is 1. The number of amides is 1. The van der Waals surface area contributed by atoms with Gasteiger partial charge in [0.2, 0.25) is 5.91 Å². The Morgan fingerprint density at radius 1 is 1.71 bits per heavy atom. The van der Waals surface area contributed by atoms with Crippen LogP contribution in [-0.2, 0) is 11.2 Å². The summed E-state index contributed by atoms with van der Waals surface area (Å²) in [6, 6.07) is 1.44. The molecule has 0 aliphatic carbocycles. The molecule has 0 aliphatic heterocycles. The van der Waals surface area contributed by atoms with Crippen molar-refractivity contribution in [1.82, 2.24) is 4.98 Å². The van der Waals surface area contributed by atoms with Gasteiger partial charge in [-0.3, -0.25) is 14.9 Å². The predicted molar refractivity (Wildman–Crippen MR) is 62.6 cm³/mol. The second-order valence-corrected chi connectivity index (χ2v) is 4.26. The van der Waals surface area contributed by atoms with Gasteiger partial charge in [0.1, 0.15) is 11.3 Å². The average molecular weight is 258 g/mol. The van der Waals surface area contributed by atoms with E-state index in [1.54, 1.807) is 6.92 Å².